The number of thiazole rings is 1. The number of para-hydroxylation sites is 2. The van der Waals surface area contributed by atoms with Crippen LogP contribution in [0, 0.1) is 6.92 Å². The second-order valence-corrected chi connectivity index (χ2v) is 7.87. The Bertz CT molecular complexity index is 1090. The van der Waals surface area contributed by atoms with Gasteiger partial charge < -0.3 is 15.6 Å². The molecular weight excluding hydrogens is 398 g/mol. The molecule has 4 rings (SSSR count). The Hall–Kier alpha value is -3.17. The first-order chi connectivity index (χ1) is 14.7. The maximum absolute atomic E-state index is 12.3. The van der Waals surface area contributed by atoms with Gasteiger partial charge in [0, 0.05) is 31.3 Å². The highest BCUT2D eigenvalue weighted by Gasteiger charge is 2.11. The molecule has 154 valence electrons. The molecule has 4 aromatic rings. The molecule has 0 bridgehead atoms. The summed E-state index contributed by atoms with van der Waals surface area (Å²) in [5.74, 6) is 0.785. The standard InChI is InChI=1S/C21H23N7OS/c1-14-6-7-15(28-27-14)12-23-21(29)18-13-30-20(26-18)9-11-22-10-8-19-24-16-4-2-3-5-17(16)25-19/h2-7,13,22H,8-12H2,1H3,(H,23,29)(H,24,25). The molecule has 3 N–H and O–H groups in total. The van der Waals surface area contributed by atoms with E-state index < -0.39 is 0 Å². The van der Waals surface area contributed by atoms with Crippen molar-refractivity contribution in [3.05, 3.63) is 69.7 Å². The number of hydrogen-bond donors (Lipinski definition) is 3. The van der Waals surface area contributed by atoms with Crippen LogP contribution in [0.5, 0.6) is 0 Å². The number of hydrogen-bond acceptors (Lipinski definition) is 7. The first-order valence-electron chi connectivity index (χ1n) is 9.83. The highest BCUT2D eigenvalue weighted by Crippen LogP contribution is 2.11. The molecule has 0 saturated heterocycles. The molecule has 0 atom stereocenters. The fourth-order valence-electron chi connectivity index (χ4n) is 2.96. The van der Waals surface area contributed by atoms with E-state index in [-0.39, 0.29) is 5.91 Å². The first-order valence-corrected chi connectivity index (χ1v) is 10.7. The molecule has 0 aliphatic carbocycles. The molecule has 0 spiro atoms. The summed E-state index contributed by atoms with van der Waals surface area (Å²) in [6, 6.07) is 11.8. The highest BCUT2D eigenvalue weighted by molar-refractivity contribution is 7.09. The molecule has 0 aliphatic rings. The third kappa shape index (κ3) is 5.25. The molecule has 9 heteroatoms. The molecule has 0 radical (unpaired) electrons. The number of imidazole rings is 1. The lowest BCUT2D eigenvalue weighted by Gasteiger charge is -2.03. The Labute approximate surface area is 178 Å². The van der Waals surface area contributed by atoms with E-state index in [1.807, 2.05) is 43.3 Å². The summed E-state index contributed by atoms with van der Waals surface area (Å²) in [5, 5.41) is 17.0. The van der Waals surface area contributed by atoms with Crippen LogP contribution in [0.25, 0.3) is 11.0 Å². The average molecular weight is 422 g/mol. The highest BCUT2D eigenvalue weighted by atomic mass is 32.1. The molecule has 1 amide bonds. The number of benzene rings is 1. The topological polar surface area (TPSA) is 108 Å². The Morgan fingerprint density at radius 2 is 1.93 bits per heavy atom. The molecule has 0 fully saturated rings. The minimum absolute atomic E-state index is 0.197. The van der Waals surface area contributed by atoms with Crippen LogP contribution in [0.15, 0.2) is 41.8 Å². The van der Waals surface area contributed by atoms with Crippen molar-refractivity contribution in [2.24, 2.45) is 0 Å². The SMILES string of the molecule is Cc1ccc(CNC(=O)c2csc(CCNCCc3nc4ccccc4[nH]3)n2)nn1. The van der Waals surface area contributed by atoms with Crippen LogP contribution in [0.4, 0.5) is 0 Å². The minimum Gasteiger partial charge on any atom is -0.345 e. The summed E-state index contributed by atoms with van der Waals surface area (Å²) in [5.41, 5.74) is 4.07. The van der Waals surface area contributed by atoms with Crippen molar-refractivity contribution in [2.75, 3.05) is 13.1 Å². The lowest BCUT2D eigenvalue weighted by atomic mass is 10.3. The number of nitrogens with zero attached hydrogens (tertiary/aromatic N) is 4. The Morgan fingerprint density at radius 3 is 2.77 bits per heavy atom. The smallest absolute Gasteiger partial charge is 0.271 e. The van der Waals surface area contributed by atoms with Crippen LogP contribution >= 0.6 is 11.3 Å². The fraction of sp³-hybridized carbons (Fsp3) is 0.286. The van der Waals surface area contributed by atoms with Crippen molar-refractivity contribution < 1.29 is 4.79 Å². The largest absolute Gasteiger partial charge is 0.345 e. The molecule has 30 heavy (non-hydrogen) atoms. The van der Waals surface area contributed by atoms with E-state index in [0.29, 0.717) is 12.2 Å². The molecule has 0 aliphatic heterocycles. The van der Waals surface area contributed by atoms with Gasteiger partial charge in [-0.05, 0) is 31.2 Å². The average Bonchev–Trinajstić information content (AvgIpc) is 3.39. The zero-order valence-corrected chi connectivity index (χ0v) is 17.5. The molecular formula is C21H23N7OS. The van der Waals surface area contributed by atoms with Crippen molar-refractivity contribution in [3.8, 4) is 0 Å². The number of carbonyl (C=O) groups excluding carboxylic acids is 1. The summed E-state index contributed by atoms with van der Waals surface area (Å²) >= 11 is 1.50. The number of amides is 1. The molecule has 0 saturated carbocycles. The number of fused-ring (bicyclic) bond motifs is 1. The van der Waals surface area contributed by atoms with Gasteiger partial charge in [0.2, 0.25) is 0 Å². The first kappa shape index (κ1) is 20.1. The zero-order chi connectivity index (χ0) is 20.8. The third-order valence-electron chi connectivity index (χ3n) is 4.56. The zero-order valence-electron chi connectivity index (χ0n) is 16.7. The van der Waals surface area contributed by atoms with Gasteiger partial charge in [-0.3, -0.25) is 4.79 Å². The van der Waals surface area contributed by atoms with Gasteiger partial charge in [0.05, 0.1) is 34.0 Å². The van der Waals surface area contributed by atoms with Gasteiger partial charge in [0.25, 0.3) is 5.91 Å². The number of nitrogens with one attached hydrogen (secondary N) is 3. The van der Waals surface area contributed by atoms with E-state index in [9.17, 15) is 4.79 Å². The van der Waals surface area contributed by atoms with Gasteiger partial charge in [-0.2, -0.15) is 10.2 Å². The maximum atomic E-state index is 12.3. The Morgan fingerprint density at radius 1 is 1.07 bits per heavy atom. The van der Waals surface area contributed by atoms with E-state index in [2.05, 4.69) is 35.8 Å². The van der Waals surface area contributed by atoms with E-state index >= 15 is 0 Å². The van der Waals surface area contributed by atoms with Crippen LogP contribution in [-0.2, 0) is 19.4 Å². The summed E-state index contributed by atoms with van der Waals surface area (Å²) in [6.45, 7) is 3.84. The van der Waals surface area contributed by atoms with E-state index in [4.69, 9.17) is 0 Å². The number of aryl methyl sites for hydroxylation is 1. The van der Waals surface area contributed by atoms with E-state index in [1.165, 1.54) is 11.3 Å². The van der Waals surface area contributed by atoms with Crippen LogP contribution in [0.1, 0.15) is 32.7 Å². The van der Waals surface area contributed by atoms with Gasteiger partial charge in [-0.1, -0.05) is 12.1 Å². The summed E-state index contributed by atoms with van der Waals surface area (Å²) < 4.78 is 0. The predicted molar refractivity (Wildman–Crippen MR) is 116 cm³/mol. The van der Waals surface area contributed by atoms with E-state index in [0.717, 1.165) is 59.2 Å². The van der Waals surface area contributed by atoms with Crippen molar-refractivity contribution in [3.63, 3.8) is 0 Å². The van der Waals surface area contributed by atoms with Gasteiger partial charge in [0.15, 0.2) is 0 Å². The van der Waals surface area contributed by atoms with Crippen LogP contribution in [-0.4, -0.2) is 44.1 Å². The number of aromatic amines is 1. The molecule has 1 aromatic carbocycles. The molecule has 8 nitrogen and oxygen atoms in total. The van der Waals surface area contributed by atoms with Crippen molar-refractivity contribution in [2.45, 2.75) is 26.3 Å². The quantitative estimate of drug-likeness (QED) is 0.358. The van der Waals surface area contributed by atoms with Crippen molar-refractivity contribution in [1.29, 1.82) is 0 Å². The number of rotatable bonds is 9. The minimum atomic E-state index is -0.197. The maximum Gasteiger partial charge on any atom is 0.271 e. The second-order valence-electron chi connectivity index (χ2n) is 6.93. The van der Waals surface area contributed by atoms with Gasteiger partial charge in [-0.25, -0.2) is 9.97 Å². The van der Waals surface area contributed by atoms with Crippen LogP contribution < -0.4 is 10.6 Å². The molecule has 0 unspecified atom stereocenters. The second kappa shape index (κ2) is 9.55. The number of H-pyrrole nitrogens is 1. The van der Waals surface area contributed by atoms with Gasteiger partial charge in [-0.15, -0.1) is 11.3 Å². The van der Waals surface area contributed by atoms with Gasteiger partial charge in [0.1, 0.15) is 11.5 Å². The van der Waals surface area contributed by atoms with Crippen molar-refractivity contribution in [1.82, 2.24) is 35.8 Å². The monoisotopic (exact) mass is 421 g/mol. The van der Waals surface area contributed by atoms with Gasteiger partial charge >= 0.3 is 0 Å². The number of carbonyl (C=O) groups is 1. The molecule has 3 heterocycles. The summed E-state index contributed by atoms with van der Waals surface area (Å²) in [7, 11) is 0. The Kier molecular flexibility index (Phi) is 6.41. The third-order valence-corrected chi connectivity index (χ3v) is 5.47. The van der Waals surface area contributed by atoms with Crippen LogP contribution in [0.2, 0.25) is 0 Å². The Balaban J connectivity index is 1.17. The lowest BCUT2D eigenvalue weighted by molar-refractivity contribution is 0.0946. The fourth-order valence-corrected chi connectivity index (χ4v) is 3.74. The predicted octanol–water partition coefficient (Wildman–Crippen LogP) is 2.42. The lowest BCUT2D eigenvalue weighted by Crippen LogP contribution is -2.24. The molecule has 3 aromatic heterocycles. The number of aromatic nitrogens is 5. The summed E-state index contributed by atoms with van der Waals surface area (Å²) in [4.78, 5) is 24.6. The van der Waals surface area contributed by atoms with Crippen LogP contribution in [0.3, 0.4) is 0 Å². The summed E-state index contributed by atoms with van der Waals surface area (Å²) in [6.07, 6.45) is 1.61. The van der Waals surface area contributed by atoms with E-state index in [1.54, 1.807) is 5.38 Å². The normalized spacial score (nSPS) is 11.1. The van der Waals surface area contributed by atoms with Crippen molar-refractivity contribution >= 4 is 28.3 Å².